The fraction of sp³-hybridized carbons (Fsp3) is 0.421. The molecule has 3 aromatic heterocycles. The Morgan fingerprint density at radius 1 is 0.962 bits per heavy atom. The summed E-state index contributed by atoms with van der Waals surface area (Å²) in [6, 6.07) is 4.40. The van der Waals surface area contributed by atoms with Crippen LogP contribution in [0.3, 0.4) is 0 Å². The third-order valence-electron chi connectivity index (χ3n) is 5.43. The number of fused-ring (bicyclic) bond motifs is 1. The van der Waals surface area contributed by atoms with Crippen molar-refractivity contribution in [2.45, 2.75) is 38.1 Å². The summed E-state index contributed by atoms with van der Waals surface area (Å²) in [7, 11) is 0. The van der Waals surface area contributed by atoms with Gasteiger partial charge < -0.3 is 4.90 Å². The third-order valence-corrected chi connectivity index (χ3v) is 5.43. The smallest absolute Gasteiger partial charge is 0.161 e. The fourth-order valence-electron chi connectivity index (χ4n) is 4.06. The second-order valence-corrected chi connectivity index (χ2v) is 6.99. The number of hydrogen-bond acceptors (Lipinski definition) is 6. The molecule has 0 saturated carbocycles. The van der Waals surface area contributed by atoms with Gasteiger partial charge in [0.2, 0.25) is 0 Å². The summed E-state index contributed by atoms with van der Waals surface area (Å²) >= 11 is 0. The summed E-state index contributed by atoms with van der Waals surface area (Å²) in [5.41, 5.74) is 3.61. The monoisotopic (exact) mass is 347 g/mol. The van der Waals surface area contributed by atoms with Crippen LogP contribution in [0.25, 0.3) is 11.4 Å². The van der Waals surface area contributed by atoms with Crippen molar-refractivity contribution < 1.29 is 0 Å². The van der Waals surface area contributed by atoms with Crippen molar-refractivity contribution in [1.82, 2.24) is 29.9 Å². The summed E-state index contributed by atoms with van der Waals surface area (Å²) in [6.45, 7) is 1.98. The zero-order chi connectivity index (χ0) is 17.3. The molecule has 0 atom stereocenters. The van der Waals surface area contributed by atoms with Gasteiger partial charge in [0.05, 0.1) is 12.2 Å². The highest BCUT2D eigenvalue weighted by molar-refractivity contribution is 5.61. The van der Waals surface area contributed by atoms with Crippen LogP contribution < -0.4 is 4.90 Å². The van der Waals surface area contributed by atoms with Gasteiger partial charge in [-0.25, -0.2) is 14.6 Å². The van der Waals surface area contributed by atoms with Crippen molar-refractivity contribution in [2.24, 2.45) is 0 Å². The molecule has 1 aliphatic carbocycles. The highest BCUT2D eigenvalue weighted by Crippen LogP contribution is 2.34. The van der Waals surface area contributed by atoms with E-state index in [1.807, 2.05) is 23.0 Å². The Kier molecular flexibility index (Phi) is 3.84. The van der Waals surface area contributed by atoms with E-state index in [-0.39, 0.29) is 0 Å². The molecule has 7 nitrogen and oxygen atoms in total. The van der Waals surface area contributed by atoms with Crippen LogP contribution in [0.5, 0.6) is 0 Å². The quantitative estimate of drug-likeness (QED) is 0.725. The minimum absolute atomic E-state index is 0.434. The molecule has 2 aliphatic rings. The maximum atomic E-state index is 4.98. The van der Waals surface area contributed by atoms with Crippen molar-refractivity contribution in [3.63, 3.8) is 0 Å². The minimum Gasteiger partial charge on any atom is -0.356 e. The van der Waals surface area contributed by atoms with Gasteiger partial charge >= 0.3 is 0 Å². The Morgan fingerprint density at radius 3 is 2.58 bits per heavy atom. The van der Waals surface area contributed by atoms with E-state index >= 15 is 0 Å². The van der Waals surface area contributed by atoms with E-state index in [1.165, 1.54) is 17.7 Å². The topological polar surface area (TPSA) is 72.6 Å². The van der Waals surface area contributed by atoms with Gasteiger partial charge in [-0.15, -0.1) is 5.10 Å². The maximum Gasteiger partial charge on any atom is 0.161 e. The first-order chi connectivity index (χ1) is 12.9. The number of rotatable bonds is 3. The van der Waals surface area contributed by atoms with Crippen molar-refractivity contribution in [1.29, 1.82) is 0 Å². The molecule has 0 radical (unpaired) electrons. The first kappa shape index (κ1) is 15.4. The zero-order valence-corrected chi connectivity index (χ0v) is 14.6. The second kappa shape index (κ2) is 6.48. The predicted molar refractivity (Wildman–Crippen MR) is 97.8 cm³/mol. The van der Waals surface area contributed by atoms with E-state index in [9.17, 15) is 0 Å². The van der Waals surface area contributed by atoms with E-state index in [1.54, 1.807) is 18.6 Å². The number of aromatic nitrogens is 6. The lowest BCUT2D eigenvalue weighted by atomic mass is 10.0. The van der Waals surface area contributed by atoms with Crippen LogP contribution in [-0.4, -0.2) is 43.0 Å². The van der Waals surface area contributed by atoms with Crippen molar-refractivity contribution >= 4 is 5.82 Å². The lowest BCUT2D eigenvalue weighted by Crippen LogP contribution is -2.36. The number of pyridine rings is 1. The summed E-state index contributed by atoms with van der Waals surface area (Å²) in [6.07, 6.45) is 12.8. The van der Waals surface area contributed by atoms with Gasteiger partial charge in [0, 0.05) is 48.5 Å². The molecule has 0 bridgehead atoms. The number of nitrogens with zero attached hydrogens (tertiary/aromatic N) is 7. The Morgan fingerprint density at radius 2 is 1.81 bits per heavy atom. The summed E-state index contributed by atoms with van der Waals surface area (Å²) in [4.78, 5) is 16.4. The lowest BCUT2D eigenvalue weighted by Gasteiger charge is -2.33. The first-order valence-electron chi connectivity index (χ1n) is 9.29. The minimum atomic E-state index is 0.434. The Hall–Kier alpha value is -2.83. The van der Waals surface area contributed by atoms with Crippen LogP contribution in [0.1, 0.15) is 36.6 Å². The molecule has 3 aromatic rings. The highest BCUT2D eigenvalue weighted by atomic mass is 15.4. The standard InChI is InChI=1S/C19H21N7/c1-2-16-17(3-1)22-18(14-4-8-20-9-5-14)23-19(16)25-11-6-15(7-12-25)26-13-10-21-24-26/h4-5,8-10,13,15H,1-3,6-7,11-12H2. The molecule has 0 amide bonds. The van der Waals surface area contributed by atoms with Gasteiger partial charge in [-0.3, -0.25) is 4.98 Å². The number of hydrogen-bond donors (Lipinski definition) is 0. The maximum absolute atomic E-state index is 4.98. The van der Waals surface area contributed by atoms with Gasteiger partial charge in [0.15, 0.2) is 5.82 Å². The van der Waals surface area contributed by atoms with Crippen LogP contribution in [0.4, 0.5) is 5.82 Å². The zero-order valence-electron chi connectivity index (χ0n) is 14.6. The normalized spacial score (nSPS) is 17.5. The molecule has 0 aromatic carbocycles. The van der Waals surface area contributed by atoms with Crippen molar-refractivity contribution in [2.75, 3.05) is 18.0 Å². The molecule has 1 saturated heterocycles. The average molecular weight is 347 g/mol. The molecule has 5 rings (SSSR count). The largest absolute Gasteiger partial charge is 0.356 e. The van der Waals surface area contributed by atoms with Crippen LogP contribution in [-0.2, 0) is 12.8 Å². The van der Waals surface area contributed by atoms with Gasteiger partial charge in [0.1, 0.15) is 5.82 Å². The molecule has 1 fully saturated rings. The average Bonchev–Trinajstić information content (AvgIpc) is 3.40. The Bertz CT molecular complexity index is 884. The molecule has 0 N–H and O–H groups in total. The molecular formula is C19H21N7. The lowest BCUT2D eigenvalue weighted by molar-refractivity contribution is 0.359. The number of anilines is 1. The molecule has 132 valence electrons. The summed E-state index contributed by atoms with van der Waals surface area (Å²) in [5, 5.41) is 8.11. The second-order valence-electron chi connectivity index (χ2n) is 6.99. The van der Waals surface area contributed by atoms with Crippen LogP contribution in [0, 0.1) is 0 Å². The number of piperidine rings is 1. The third kappa shape index (κ3) is 2.73. The van der Waals surface area contributed by atoms with Gasteiger partial charge in [0.25, 0.3) is 0 Å². The predicted octanol–water partition coefficient (Wildman–Crippen LogP) is 2.46. The molecule has 26 heavy (non-hydrogen) atoms. The first-order valence-corrected chi connectivity index (χ1v) is 9.29. The van der Waals surface area contributed by atoms with E-state index < -0.39 is 0 Å². The molecular weight excluding hydrogens is 326 g/mol. The Labute approximate surface area is 152 Å². The van der Waals surface area contributed by atoms with E-state index in [2.05, 4.69) is 20.2 Å². The molecule has 7 heteroatoms. The molecule has 1 aliphatic heterocycles. The van der Waals surface area contributed by atoms with Crippen LogP contribution in [0.2, 0.25) is 0 Å². The van der Waals surface area contributed by atoms with Gasteiger partial charge in [-0.1, -0.05) is 5.21 Å². The number of aryl methyl sites for hydroxylation is 1. The van der Waals surface area contributed by atoms with E-state index in [0.29, 0.717) is 6.04 Å². The van der Waals surface area contributed by atoms with Crippen LogP contribution in [0.15, 0.2) is 36.9 Å². The molecule has 4 heterocycles. The highest BCUT2D eigenvalue weighted by Gasteiger charge is 2.27. The molecule has 0 spiro atoms. The van der Waals surface area contributed by atoms with Crippen LogP contribution >= 0.6 is 0 Å². The SMILES string of the molecule is c1cc(-c2nc3c(c(N4CCC(n5ccnn5)CC4)n2)CCC3)ccn1. The van der Waals surface area contributed by atoms with Crippen molar-refractivity contribution in [3.05, 3.63) is 48.2 Å². The van der Waals surface area contributed by atoms with E-state index in [4.69, 9.17) is 9.97 Å². The fourth-order valence-corrected chi connectivity index (χ4v) is 4.06. The van der Waals surface area contributed by atoms with Crippen molar-refractivity contribution in [3.8, 4) is 11.4 Å². The van der Waals surface area contributed by atoms with E-state index in [0.717, 1.165) is 56.0 Å². The summed E-state index contributed by atoms with van der Waals surface area (Å²) in [5.74, 6) is 1.96. The summed E-state index contributed by atoms with van der Waals surface area (Å²) < 4.78 is 1.99. The van der Waals surface area contributed by atoms with Gasteiger partial charge in [-0.2, -0.15) is 0 Å². The molecule has 0 unspecified atom stereocenters. The Balaban J connectivity index is 1.45. The van der Waals surface area contributed by atoms with Gasteiger partial charge in [-0.05, 0) is 44.2 Å².